The first-order valence-corrected chi connectivity index (χ1v) is 6.66. The first kappa shape index (κ1) is 15.5. The minimum atomic E-state index is -1.03. The second kappa shape index (κ2) is 7.13. The van der Waals surface area contributed by atoms with Crippen LogP contribution in [0.4, 0.5) is 0 Å². The Balaban J connectivity index is 2.82. The van der Waals surface area contributed by atoms with Crippen molar-refractivity contribution >= 4 is 27.8 Å². The van der Waals surface area contributed by atoms with E-state index in [1.165, 1.54) is 7.11 Å². The van der Waals surface area contributed by atoms with Gasteiger partial charge >= 0.3 is 5.97 Å². The minimum absolute atomic E-state index is 0.384. The van der Waals surface area contributed by atoms with E-state index < -0.39 is 17.9 Å². The Morgan fingerprint density at radius 2 is 2.16 bits per heavy atom. The molecule has 104 valence electrons. The van der Waals surface area contributed by atoms with Crippen LogP contribution in [0.3, 0.4) is 0 Å². The van der Waals surface area contributed by atoms with Crippen molar-refractivity contribution in [3.05, 3.63) is 28.2 Å². The quantitative estimate of drug-likeness (QED) is 0.840. The fraction of sp³-hybridized carbons (Fsp3) is 0.385. The second-order valence-electron chi connectivity index (χ2n) is 4.00. The Labute approximate surface area is 120 Å². The molecule has 1 atom stereocenters. The third-order valence-corrected chi connectivity index (χ3v) is 3.21. The van der Waals surface area contributed by atoms with Gasteiger partial charge in [-0.3, -0.25) is 4.79 Å². The summed E-state index contributed by atoms with van der Waals surface area (Å²) in [5, 5.41) is 11.5. The van der Waals surface area contributed by atoms with E-state index in [4.69, 9.17) is 9.84 Å². The lowest BCUT2D eigenvalue weighted by atomic mass is 10.1. The Morgan fingerprint density at radius 3 is 2.63 bits per heavy atom. The van der Waals surface area contributed by atoms with Gasteiger partial charge in [0.15, 0.2) is 0 Å². The van der Waals surface area contributed by atoms with Gasteiger partial charge in [-0.2, -0.15) is 0 Å². The zero-order valence-corrected chi connectivity index (χ0v) is 12.4. The predicted octanol–water partition coefficient (Wildman–Crippen LogP) is 2.44. The molecular weight excluding hydrogens is 314 g/mol. The van der Waals surface area contributed by atoms with Crippen LogP contribution in [0.1, 0.15) is 30.1 Å². The van der Waals surface area contributed by atoms with Crippen molar-refractivity contribution in [1.29, 1.82) is 0 Å². The molecule has 1 aromatic rings. The van der Waals surface area contributed by atoms with Crippen molar-refractivity contribution < 1.29 is 19.4 Å². The van der Waals surface area contributed by atoms with Gasteiger partial charge < -0.3 is 15.2 Å². The molecule has 0 aliphatic heterocycles. The van der Waals surface area contributed by atoms with E-state index in [0.29, 0.717) is 28.6 Å². The highest BCUT2D eigenvalue weighted by Gasteiger charge is 2.19. The predicted molar refractivity (Wildman–Crippen MR) is 74.5 cm³/mol. The third-order valence-electron chi connectivity index (χ3n) is 2.59. The first-order valence-electron chi connectivity index (χ1n) is 5.86. The molecule has 1 aromatic carbocycles. The van der Waals surface area contributed by atoms with Crippen molar-refractivity contribution in [2.75, 3.05) is 7.11 Å². The van der Waals surface area contributed by atoms with Gasteiger partial charge in [-0.1, -0.05) is 13.3 Å². The summed E-state index contributed by atoms with van der Waals surface area (Å²) in [7, 11) is 1.53. The molecule has 0 saturated carbocycles. The molecule has 5 nitrogen and oxygen atoms in total. The number of carboxylic acid groups (broad SMARTS) is 1. The van der Waals surface area contributed by atoms with Gasteiger partial charge in [-0.05, 0) is 40.5 Å². The van der Waals surface area contributed by atoms with Crippen LogP contribution in [-0.4, -0.2) is 30.1 Å². The van der Waals surface area contributed by atoms with E-state index in [1.54, 1.807) is 18.2 Å². The van der Waals surface area contributed by atoms with Crippen LogP contribution in [0.2, 0.25) is 0 Å². The van der Waals surface area contributed by atoms with Gasteiger partial charge in [0.2, 0.25) is 0 Å². The van der Waals surface area contributed by atoms with Gasteiger partial charge in [0.05, 0.1) is 11.6 Å². The van der Waals surface area contributed by atoms with Crippen molar-refractivity contribution in [3.8, 4) is 5.75 Å². The van der Waals surface area contributed by atoms with Crippen molar-refractivity contribution in [2.24, 2.45) is 0 Å². The summed E-state index contributed by atoms with van der Waals surface area (Å²) in [6.45, 7) is 1.87. The van der Waals surface area contributed by atoms with Crippen LogP contribution in [0, 0.1) is 0 Å². The average Bonchev–Trinajstić information content (AvgIpc) is 2.37. The van der Waals surface area contributed by atoms with E-state index in [9.17, 15) is 9.59 Å². The van der Waals surface area contributed by atoms with Gasteiger partial charge in [0.25, 0.3) is 5.91 Å². The van der Waals surface area contributed by atoms with Gasteiger partial charge in [0, 0.05) is 5.56 Å². The number of amides is 1. The standard InChI is InChI=1S/C13H16BrNO4/c1-3-4-10(13(17)18)15-12(16)8-5-6-11(19-2)9(14)7-8/h5-7,10H,3-4H2,1-2H3,(H,15,16)(H,17,18). The molecule has 1 unspecified atom stereocenters. The van der Waals surface area contributed by atoms with Gasteiger partial charge in [-0.15, -0.1) is 0 Å². The van der Waals surface area contributed by atoms with Crippen LogP contribution >= 0.6 is 15.9 Å². The van der Waals surface area contributed by atoms with Crippen molar-refractivity contribution in [2.45, 2.75) is 25.8 Å². The number of carbonyl (C=O) groups excluding carboxylic acids is 1. The molecule has 0 heterocycles. The van der Waals surface area contributed by atoms with Crippen LogP contribution in [-0.2, 0) is 4.79 Å². The number of halogens is 1. The summed E-state index contributed by atoms with van der Waals surface area (Å²) in [6, 6.07) is 3.97. The van der Waals surface area contributed by atoms with Crippen LogP contribution in [0.25, 0.3) is 0 Å². The minimum Gasteiger partial charge on any atom is -0.496 e. The summed E-state index contributed by atoms with van der Waals surface area (Å²) >= 11 is 3.28. The number of carbonyl (C=O) groups is 2. The molecule has 0 saturated heterocycles. The van der Waals surface area contributed by atoms with E-state index in [-0.39, 0.29) is 0 Å². The lowest BCUT2D eigenvalue weighted by Crippen LogP contribution is -2.40. The zero-order valence-electron chi connectivity index (χ0n) is 10.8. The molecule has 1 rings (SSSR count). The monoisotopic (exact) mass is 329 g/mol. The zero-order chi connectivity index (χ0) is 14.4. The maximum atomic E-state index is 12.0. The number of nitrogens with one attached hydrogen (secondary N) is 1. The van der Waals surface area contributed by atoms with Crippen LogP contribution in [0.15, 0.2) is 22.7 Å². The first-order chi connectivity index (χ1) is 8.99. The van der Waals surface area contributed by atoms with Crippen LogP contribution in [0.5, 0.6) is 5.75 Å². The summed E-state index contributed by atoms with van der Waals surface area (Å²) in [5.74, 6) is -0.827. The van der Waals surface area contributed by atoms with E-state index in [2.05, 4.69) is 21.2 Å². The third kappa shape index (κ3) is 4.24. The van der Waals surface area contributed by atoms with Crippen LogP contribution < -0.4 is 10.1 Å². The molecular formula is C13H16BrNO4. The smallest absolute Gasteiger partial charge is 0.326 e. The lowest BCUT2D eigenvalue weighted by molar-refractivity contribution is -0.139. The number of methoxy groups -OCH3 is 1. The Hall–Kier alpha value is -1.56. The van der Waals surface area contributed by atoms with Crippen molar-refractivity contribution in [1.82, 2.24) is 5.32 Å². The summed E-state index contributed by atoms with van der Waals surface area (Å²) in [6.07, 6.45) is 1.09. The summed E-state index contributed by atoms with van der Waals surface area (Å²) in [4.78, 5) is 22.9. The summed E-state index contributed by atoms with van der Waals surface area (Å²) in [5.41, 5.74) is 0.384. The molecule has 0 aliphatic rings. The van der Waals surface area contributed by atoms with E-state index in [0.717, 1.165) is 0 Å². The topological polar surface area (TPSA) is 75.6 Å². The van der Waals surface area contributed by atoms with E-state index in [1.807, 2.05) is 6.92 Å². The maximum Gasteiger partial charge on any atom is 0.326 e. The average molecular weight is 330 g/mol. The Morgan fingerprint density at radius 1 is 1.47 bits per heavy atom. The molecule has 0 aliphatic carbocycles. The van der Waals surface area contributed by atoms with E-state index >= 15 is 0 Å². The Bertz CT molecular complexity index is 476. The lowest BCUT2D eigenvalue weighted by Gasteiger charge is -2.14. The molecule has 0 radical (unpaired) electrons. The molecule has 0 bridgehead atoms. The molecule has 6 heteroatoms. The van der Waals surface area contributed by atoms with Gasteiger partial charge in [-0.25, -0.2) is 4.79 Å². The highest BCUT2D eigenvalue weighted by atomic mass is 79.9. The maximum absolute atomic E-state index is 12.0. The van der Waals surface area contributed by atoms with Gasteiger partial charge in [0.1, 0.15) is 11.8 Å². The number of aliphatic carboxylic acids is 1. The molecule has 19 heavy (non-hydrogen) atoms. The largest absolute Gasteiger partial charge is 0.496 e. The fourth-order valence-electron chi connectivity index (χ4n) is 1.60. The fourth-order valence-corrected chi connectivity index (χ4v) is 2.14. The molecule has 1 amide bonds. The number of rotatable bonds is 6. The number of carboxylic acids is 1. The normalized spacial score (nSPS) is 11.7. The highest BCUT2D eigenvalue weighted by molar-refractivity contribution is 9.10. The molecule has 0 spiro atoms. The molecule has 2 N–H and O–H groups in total. The SMILES string of the molecule is CCCC(NC(=O)c1ccc(OC)c(Br)c1)C(=O)O. The second-order valence-corrected chi connectivity index (χ2v) is 4.86. The number of hydrogen-bond acceptors (Lipinski definition) is 3. The molecule has 0 fully saturated rings. The Kier molecular flexibility index (Phi) is 5.82. The molecule has 0 aromatic heterocycles. The highest BCUT2D eigenvalue weighted by Crippen LogP contribution is 2.25. The number of hydrogen-bond donors (Lipinski definition) is 2. The number of ether oxygens (including phenoxy) is 1. The summed E-state index contributed by atoms with van der Waals surface area (Å²) < 4.78 is 5.71. The number of benzene rings is 1. The van der Waals surface area contributed by atoms with Crippen molar-refractivity contribution in [3.63, 3.8) is 0 Å².